The van der Waals surface area contributed by atoms with E-state index < -0.39 is 11.3 Å². The van der Waals surface area contributed by atoms with Gasteiger partial charge in [0, 0.05) is 36.5 Å². The van der Waals surface area contributed by atoms with Gasteiger partial charge >= 0.3 is 0 Å². The standard InChI is InChI=1S/C23H25N5O2/c1-14(2)28-9-8-18-17(11-28)20(15-6-5-7-19(29-3)21(15)30-4)16(10-24)22(27)23(18,12-25)13-26/h5-8,14,17,20H,9,11,27H2,1-4H3. The number of nitrogens with two attached hydrogens (primary N) is 1. The third-order valence-electron chi connectivity index (χ3n) is 6.17. The Morgan fingerprint density at radius 1 is 1.17 bits per heavy atom. The second-order valence-electron chi connectivity index (χ2n) is 7.79. The molecular weight excluding hydrogens is 378 g/mol. The lowest BCUT2D eigenvalue weighted by molar-refractivity contribution is 0.185. The van der Waals surface area contributed by atoms with Crippen LogP contribution in [0.25, 0.3) is 0 Å². The highest BCUT2D eigenvalue weighted by Gasteiger charge is 2.53. The maximum Gasteiger partial charge on any atom is 0.204 e. The van der Waals surface area contributed by atoms with Gasteiger partial charge in [-0.05, 0) is 25.5 Å². The van der Waals surface area contributed by atoms with Gasteiger partial charge in [-0.25, -0.2) is 0 Å². The monoisotopic (exact) mass is 403 g/mol. The van der Waals surface area contributed by atoms with Crippen LogP contribution in [0.3, 0.4) is 0 Å². The second kappa shape index (κ2) is 8.11. The van der Waals surface area contributed by atoms with E-state index in [0.29, 0.717) is 30.2 Å². The molecule has 7 nitrogen and oxygen atoms in total. The van der Waals surface area contributed by atoms with Crippen molar-refractivity contribution < 1.29 is 9.47 Å². The lowest BCUT2D eigenvalue weighted by atomic mass is 9.59. The largest absolute Gasteiger partial charge is 0.493 e. The van der Waals surface area contributed by atoms with E-state index in [1.807, 2.05) is 18.2 Å². The van der Waals surface area contributed by atoms with Gasteiger partial charge < -0.3 is 15.2 Å². The highest BCUT2D eigenvalue weighted by Crippen LogP contribution is 2.55. The number of fused-ring (bicyclic) bond motifs is 1. The zero-order valence-electron chi connectivity index (χ0n) is 17.6. The molecule has 1 aliphatic heterocycles. The third kappa shape index (κ3) is 2.98. The first-order valence-corrected chi connectivity index (χ1v) is 9.78. The summed E-state index contributed by atoms with van der Waals surface area (Å²) in [5, 5.41) is 30.0. The van der Waals surface area contributed by atoms with Crippen LogP contribution >= 0.6 is 0 Å². The average Bonchev–Trinajstić information content (AvgIpc) is 2.77. The van der Waals surface area contributed by atoms with Crippen LogP contribution < -0.4 is 15.2 Å². The number of hydrogen-bond donors (Lipinski definition) is 1. The maximum absolute atomic E-state index is 10.1. The van der Waals surface area contributed by atoms with E-state index in [-0.39, 0.29) is 23.2 Å². The van der Waals surface area contributed by atoms with Crippen molar-refractivity contribution in [2.75, 3.05) is 27.3 Å². The summed E-state index contributed by atoms with van der Waals surface area (Å²) in [6, 6.07) is 12.2. The molecule has 154 valence electrons. The highest BCUT2D eigenvalue weighted by molar-refractivity contribution is 5.61. The Kier molecular flexibility index (Phi) is 5.74. The Hall–Kier alpha value is -3.47. The summed E-state index contributed by atoms with van der Waals surface area (Å²) >= 11 is 0. The summed E-state index contributed by atoms with van der Waals surface area (Å²) in [7, 11) is 3.11. The molecule has 2 atom stereocenters. The number of nitrogens with zero attached hydrogens (tertiary/aromatic N) is 4. The van der Waals surface area contributed by atoms with Crippen molar-refractivity contribution in [1.29, 1.82) is 15.8 Å². The molecule has 3 rings (SSSR count). The van der Waals surface area contributed by atoms with Crippen LogP contribution in [0.5, 0.6) is 11.5 Å². The number of methoxy groups -OCH3 is 2. The molecule has 2 aliphatic rings. The quantitative estimate of drug-likeness (QED) is 0.768. The molecule has 1 heterocycles. The van der Waals surface area contributed by atoms with Gasteiger partial charge in [-0.1, -0.05) is 18.2 Å². The Balaban J connectivity index is 2.35. The van der Waals surface area contributed by atoms with Gasteiger partial charge in [-0.15, -0.1) is 0 Å². The molecule has 0 amide bonds. The number of hydrogen-bond acceptors (Lipinski definition) is 7. The van der Waals surface area contributed by atoms with Crippen LogP contribution in [0.15, 0.2) is 41.1 Å². The van der Waals surface area contributed by atoms with Crippen LogP contribution in [0, 0.1) is 45.3 Å². The SMILES string of the molecule is COc1cccc(C2C(C#N)=C(N)C(C#N)(C#N)C3=CCN(C(C)C)CC32)c1OC. The van der Waals surface area contributed by atoms with Crippen molar-refractivity contribution in [3.63, 3.8) is 0 Å². The molecule has 0 bridgehead atoms. The van der Waals surface area contributed by atoms with Crippen LogP contribution in [0.2, 0.25) is 0 Å². The Morgan fingerprint density at radius 2 is 1.87 bits per heavy atom. The average molecular weight is 403 g/mol. The van der Waals surface area contributed by atoms with E-state index in [4.69, 9.17) is 15.2 Å². The summed E-state index contributed by atoms with van der Waals surface area (Å²) in [6.07, 6.45) is 1.93. The van der Waals surface area contributed by atoms with Gasteiger partial charge in [0.1, 0.15) is 0 Å². The van der Waals surface area contributed by atoms with Crippen LogP contribution in [0.1, 0.15) is 25.3 Å². The van der Waals surface area contributed by atoms with Crippen molar-refractivity contribution in [3.05, 3.63) is 46.7 Å². The first kappa shape index (κ1) is 21.2. The zero-order chi connectivity index (χ0) is 22.1. The third-order valence-corrected chi connectivity index (χ3v) is 6.17. The number of benzene rings is 1. The second-order valence-corrected chi connectivity index (χ2v) is 7.79. The van der Waals surface area contributed by atoms with E-state index in [2.05, 4.69) is 37.0 Å². The predicted octanol–water partition coefficient (Wildman–Crippen LogP) is 2.84. The predicted molar refractivity (Wildman–Crippen MR) is 111 cm³/mol. The molecular formula is C23H25N5O2. The van der Waals surface area contributed by atoms with Gasteiger partial charge in [-0.2, -0.15) is 15.8 Å². The number of rotatable bonds is 4. The molecule has 1 aromatic carbocycles. The minimum atomic E-state index is -1.64. The van der Waals surface area contributed by atoms with E-state index in [1.165, 1.54) is 0 Å². The van der Waals surface area contributed by atoms with Crippen molar-refractivity contribution in [1.82, 2.24) is 4.90 Å². The van der Waals surface area contributed by atoms with Crippen LogP contribution in [0.4, 0.5) is 0 Å². The summed E-state index contributed by atoms with van der Waals surface area (Å²) in [5.41, 5.74) is 6.38. The number of para-hydroxylation sites is 1. The van der Waals surface area contributed by atoms with Crippen LogP contribution in [-0.4, -0.2) is 38.3 Å². The molecule has 0 fully saturated rings. The molecule has 7 heteroatoms. The molecule has 0 saturated heterocycles. The summed E-state index contributed by atoms with van der Waals surface area (Å²) in [5.74, 6) is 0.337. The molecule has 1 aliphatic carbocycles. The fraction of sp³-hybridized carbons (Fsp3) is 0.435. The molecule has 2 unspecified atom stereocenters. The minimum absolute atomic E-state index is 0.00497. The van der Waals surface area contributed by atoms with Gasteiger partial charge in [0.2, 0.25) is 5.41 Å². The van der Waals surface area contributed by atoms with Crippen molar-refractivity contribution in [2.24, 2.45) is 17.1 Å². The van der Waals surface area contributed by atoms with Crippen molar-refractivity contribution in [2.45, 2.75) is 25.8 Å². The zero-order valence-corrected chi connectivity index (χ0v) is 17.6. The van der Waals surface area contributed by atoms with E-state index in [9.17, 15) is 15.8 Å². The molecule has 30 heavy (non-hydrogen) atoms. The first-order valence-electron chi connectivity index (χ1n) is 9.78. The fourth-order valence-corrected chi connectivity index (χ4v) is 4.59. The molecule has 1 aromatic rings. The first-order chi connectivity index (χ1) is 14.4. The van der Waals surface area contributed by atoms with Gasteiger partial charge in [0.25, 0.3) is 0 Å². The fourth-order valence-electron chi connectivity index (χ4n) is 4.59. The van der Waals surface area contributed by atoms with Gasteiger partial charge in [0.05, 0.1) is 43.7 Å². The lowest BCUT2D eigenvalue weighted by Crippen LogP contribution is -2.48. The van der Waals surface area contributed by atoms with E-state index in [1.54, 1.807) is 20.3 Å². The van der Waals surface area contributed by atoms with E-state index in [0.717, 1.165) is 5.56 Å². The number of nitriles is 3. The van der Waals surface area contributed by atoms with Crippen molar-refractivity contribution >= 4 is 0 Å². The number of allylic oxidation sites excluding steroid dienone is 2. The summed E-state index contributed by atoms with van der Waals surface area (Å²) < 4.78 is 11.1. The van der Waals surface area contributed by atoms with Crippen LogP contribution in [-0.2, 0) is 0 Å². The molecule has 0 saturated carbocycles. The van der Waals surface area contributed by atoms with Gasteiger partial charge in [-0.3, -0.25) is 4.90 Å². The Bertz CT molecular complexity index is 1020. The highest BCUT2D eigenvalue weighted by atomic mass is 16.5. The lowest BCUT2D eigenvalue weighted by Gasteiger charge is -2.46. The Labute approximate surface area is 177 Å². The normalized spacial score (nSPS) is 22.9. The van der Waals surface area contributed by atoms with Gasteiger partial charge in [0.15, 0.2) is 11.5 Å². The van der Waals surface area contributed by atoms with Crippen molar-refractivity contribution in [3.8, 4) is 29.7 Å². The summed E-state index contributed by atoms with van der Waals surface area (Å²) in [4.78, 5) is 2.25. The topological polar surface area (TPSA) is 119 Å². The molecule has 0 aromatic heterocycles. The molecule has 0 radical (unpaired) electrons. The molecule has 2 N–H and O–H groups in total. The number of ether oxygens (including phenoxy) is 2. The maximum atomic E-state index is 10.1. The smallest absolute Gasteiger partial charge is 0.204 e. The van der Waals surface area contributed by atoms with E-state index >= 15 is 0 Å². The Morgan fingerprint density at radius 3 is 2.40 bits per heavy atom. The summed E-state index contributed by atoms with van der Waals surface area (Å²) in [6.45, 7) is 5.41. The molecule has 0 spiro atoms. The minimum Gasteiger partial charge on any atom is -0.493 e.